The van der Waals surface area contributed by atoms with Gasteiger partial charge in [-0.2, -0.15) is 0 Å². The molecule has 0 radical (unpaired) electrons. The minimum absolute atomic E-state index is 0.222. The van der Waals surface area contributed by atoms with Gasteiger partial charge in [0.15, 0.2) is 21.3 Å². The Kier molecular flexibility index (Phi) is 6.99. The maximum absolute atomic E-state index is 14.0. The third-order valence-corrected chi connectivity index (χ3v) is 7.50. The van der Waals surface area contributed by atoms with Crippen LogP contribution in [0.4, 0.5) is 0 Å². The largest absolute Gasteiger partial charge is 0.497 e. The Morgan fingerprint density at radius 1 is 0.656 bits per heavy atom. The molecule has 0 fully saturated rings. The molecule has 6 nitrogen and oxygen atoms in total. The number of hydrogen-bond acceptors (Lipinski definition) is 6. The van der Waals surface area contributed by atoms with Crippen LogP contribution < -0.4 is 18.9 Å². The number of methoxy groups -OCH3 is 4. The van der Waals surface area contributed by atoms with Crippen LogP contribution in [0.1, 0.15) is 27.5 Å². The van der Waals surface area contributed by atoms with E-state index in [0.29, 0.717) is 34.1 Å². The lowest BCUT2D eigenvalue weighted by molar-refractivity contribution is 0.347. The van der Waals surface area contributed by atoms with Gasteiger partial charge in [0, 0.05) is 11.6 Å². The smallest absolute Gasteiger partial charge is 0.189 e. The minimum Gasteiger partial charge on any atom is -0.497 e. The van der Waals surface area contributed by atoms with Crippen LogP contribution in [0.15, 0.2) is 59.5 Å². The summed E-state index contributed by atoms with van der Waals surface area (Å²) in [5.74, 6) is 1.90. The fourth-order valence-corrected chi connectivity index (χ4v) is 5.60. The number of sulfone groups is 1. The summed E-state index contributed by atoms with van der Waals surface area (Å²) < 4.78 is 49.8. The zero-order valence-corrected chi connectivity index (χ0v) is 19.9. The van der Waals surface area contributed by atoms with Crippen molar-refractivity contribution in [1.82, 2.24) is 0 Å². The molecule has 0 N–H and O–H groups in total. The molecule has 0 aliphatic carbocycles. The summed E-state index contributed by atoms with van der Waals surface area (Å²) in [5.41, 5.74) is 2.84. The normalized spacial score (nSPS) is 12.2. The predicted octanol–water partition coefficient (Wildman–Crippen LogP) is 4.90. The van der Waals surface area contributed by atoms with Crippen molar-refractivity contribution in [2.45, 2.75) is 24.0 Å². The van der Waals surface area contributed by atoms with E-state index in [1.807, 2.05) is 19.9 Å². The van der Waals surface area contributed by atoms with Gasteiger partial charge in [-0.05, 0) is 55.3 Å². The van der Waals surface area contributed by atoms with Gasteiger partial charge >= 0.3 is 0 Å². The summed E-state index contributed by atoms with van der Waals surface area (Å²) in [6.45, 7) is 3.78. The highest BCUT2D eigenvalue weighted by Gasteiger charge is 2.35. The number of rotatable bonds is 8. The van der Waals surface area contributed by atoms with Gasteiger partial charge in [-0.1, -0.05) is 23.8 Å². The average molecular weight is 457 g/mol. The highest BCUT2D eigenvalue weighted by atomic mass is 32.2. The molecule has 3 rings (SSSR count). The Morgan fingerprint density at radius 3 is 1.78 bits per heavy atom. The number of hydrogen-bond donors (Lipinski definition) is 0. The van der Waals surface area contributed by atoms with Gasteiger partial charge in [-0.3, -0.25) is 0 Å². The van der Waals surface area contributed by atoms with Crippen LogP contribution in [0, 0.1) is 13.8 Å². The summed E-state index contributed by atoms with van der Waals surface area (Å²) in [7, 11) is 2.25. The predicted molar refractivity (Wildman–Crippen MR) is 124 cm³/mol. The second-order valence-electron chi connectivity index (χ2n) is 7.41. The molecule has 0 aromatic heterocycles. The quantitative estimate of drug-likeness (QED) is 0.480. The van der Waals surface area contributed by atoms with Crippen molar-refractivity contribution < 1.29 is 27.4 Å². The number of aryl methyl sites for hydroxylation is 2. The van der Waals surface area contributed by atoms with Gasteiger partial charge in [0.25, 0.3) is 0 Å². The van der Waals surface area contributed by atoms with E-state index in [0.717, 1.165) is 11.1 Å². The van der Waals surface area contributed by atoms with Gasteiger partial charge < -0.3 is 18.9 Å². The second kappa shape index (κ2) is 9.53. The standard InChI is InChI=1S/C25H28O6S/c1-16-7-10-19(11-8-16)32(26,27)25(20-12-9-18(28-3)13-17(20)2)21-14-23(30-5)24(31-6)15-22(21)29-4/h7-15,25H,1-6H3. The number of benzene rings is 3. The molecule has 0 saturated heterocycles. The lowest BCUT2D eigenvalue weighted by atomic mass is 9.98. The van der Waals surface area contributed by atoms with E-state index >= 15 is 0 Å². The monoisotopic (exact) mass is 456 g/mol. The van der Waals surface area contributed by atoms with E-state index in [1.54, 1.807) is 55.6 Å². The van der Waals surface area contributed by atoms with E-state index in [2.05, 4.69) is 0 Å². The molecular formula is C25H28O6S. The van der Waals surface area contributed by atoms with E-state index in [1.165, 1.54) is 21.3 Å². The fourth-order valence-electron chi connectivity index (χ4n) is 3.69. The van der Waals surface area contributed by atoms with E-state index < -0.39 is 15.1 Å². The van der Waals surface area contributed by atoms with Crippen molar-refractivity contribution in [2.24, 2.45) is 0 Å². The third kappa shape index (κ3) is 4.39. The Balaban J connectivity index is 2.35. The van der Waals surface area contributed by atoms with Crippen molar-refractivity contribution in [3.05, 3.63) is 76.9 Å². The van der Waals surface area contributed by atoms with Crippen molar-refractivity contribution in [3.63, 3.8) is 0 Å². The van der Waals surface area contributed by atoms with Crippen LogP contribution in [-0.4, -0.2) is 36.9 Å². The minimum atomic E-state index is -3.86. The molecule has 0 saturated carbocycles. The molecule has 0 aliphatic heterocycles. The van der Waals surface area contributed by atoms with Gasteiger partial charge in [0.1, 0.15) is 16.7 Å². The average Bonchev–Trinajstić information content (AvgIpc) is 2.79. The maximum Gasteiger partial charge on any atom is 0.189 e. The highest BCUT2D eigenvalue weighted by Crippen LogP contribution is 2.45. The molecule has 0 aliphatic rings. The lowest BCUT2D eigenvalue weighted by Crippen LogP contribution is -2.17. The van der Waals surface area contributed by atoms with Crippen LogP contribution >= 0.6 is 0 Å². The van der Waals surface area contributed by atoms with Gasteiger partial charge in [0.2, 0.25) is 0 Å². The SMILES string of the molecule is COc1ccc(C(c2cc(OC)c(OC)cc2OC)S(=O)(=O)c2ccc(C)cc2)c(C)c1. The highest BCUT2D eigenvalue weighted by molar-refractivity contribution is 7.92. The molecule has 3 aromatic carbocycles. The molecule has 3 aromatic rings. The molecule has 1 atom stereocenters. The number of ether oxygens (including phenoxy) is 4. The van der Waals surface area contributed by atoms with Crippen LogP contribution in [-0.2, 0) is 9.84 Å². The molecule has 0 amide bonds. The first-order chi connectivity index (χ1) is 15.3. The van der Waals surface area contributed by atoms with Gasteiger partial charge in [0.05, 0.1) is 33.3 Å². The first-order valence-corrected chi connectivity index (χ1v) is 11.6. The fraction of sp³-hybridized carbons (Fsp3) is 0.280. The van der Waals surface area contributed by atoms with Crippen molar-refractivity contribution in [2.75, 3.05) is 28.4 Å². The van der Waals surface area contributed by atoms with E-state index in [4.69, 9.17) is 18.9 Å². The lowest BCUT2D eigenvalue weighted by Gasteiger charge is -2.24. The molecule has 0 spiro atoms. The maximum atomic E-state index is 14.0. The molecule has 0 bridgehead atoms. The van der Waals surface area contributed by atoms with Crippen LogP contribution in [0.3, 0.4) is 0 Å². The first-order valence-electron chi connectivity index (χ1n) is 10.0. The molecule has 0 heterocycles. The summed E-state index contributed by atoms with van der Waals surface area (Å²) in [4.78, 5) is 0.222. The first kappa shape index (κ1) is 23.5. The van der Waals surface area contributed by atoms with Crippen LogP contribution in [0.25, 0.3) is 0 Å². The summed E-state index contributed by atoms with van der Waals surface area (Å²) in [5, 5.41) is -1.04. The van der Waals surface area contributed by atoms with Gasteiger partial charge in [-0.25, -0.2) is 8.42 Å². The zero-order valence-electron chi connectivity index (χ0n) is 19.1. The van der Waals surface area contributed by atoms with Crippen molar-refractivity contribution in [1.29, 1.82) is 0 Å². The molecule has 1 unspecified atom stereocenters. The summed E-state index contributed by atoms with van der Waals surface area (Å²) in [6, 6.07) is 15.5. The Morgan fingerprint density at radius 2 is 1.25 bits per heavy atom. The van der Waals surface area contributed by atoms with E-state index in [-0.39, 0.29) is 4.90 Å². The molecule has 170 valence electrons. The van der Waals surface area contributed by atoms with Crippen LogP contribution in [0.2, 0.25) is 0 Å². The van der Waals surface area contributed by atoms with Crippen molar-refractivity contribution in [3.8, 4) is 23.0 Å². The Hall–Kier alpha value is -3.19. The van der Waals surface area contributed by atoms with Crippen LogP contribution in [0.5, 0.6) is 23.0 Å². The summed E-state index contributed by atoms with van der Waals surface area (Å²) >= 11 is 0. The van der Waals surface area contributed by atoms with Crippen molar-refractivity contribution >= 4 is 9.84 Å². The molecule has 7 heteroatoms. The van der Waals surface area contributed by atoms with E-state index in [9.17, 15) is 8.42 Å². The van der Waals surface area contributed by atoms with Gasteiger partial charge in [-0.15, -0.1) is 0 Å². The summed E-state index contributed by atoms with van der Waals surface area (Å²) in [6.07, 6.45) is 0. The second-order valence-corrected chi connectivity index (χ2v) is 9.44. The zero-order chi connectivity index (χ0) is 23.5. The molecule has 32 heavy (non-hydrogen) atoms. The Labute approximate surface area is 189 Å². The topological polar surface area (TPSA) is 71.1 Å². The molecular weight excluding hydrogens is 428 g/mol. The Bertz CT molecular complexity index is 1200. The third-order valence-electron chi connectivity index (χ3n) is 5.44.